The van der Waals surface area contributed by atoms with E-state index in [-0.39, 0.29) is 11.8 Å². The smallest absolute Gasteiger partial charge is 0.258 e. The summed E-state index contributed by atoms with van der Waals surface area (Å²) in [7, 11) is 0. The molecule has 5 heteroatoms. The molecule has 1 aliphatic heterocycles. The SMILES string of the molecule is Cc1cccc(C(=O)N2CCc3ccc(CNC(=O)c4cccc(Cl)c4)cc32)c1. The maximum atomic E-state index is 13.0. The summed E-state index contributed by atoms with van der Waals surface area (Å²) in [4.78, 5) is 27.2. The van der Waals surface area contributed by atoms with Crippen LogP contribution in [-0.4, -0.2) is 18.4 Å². The van der Waals surface area contributed by atoms with E-state index in [1.165, 1.54) is 0 Å². The van der Waals surface area contributed by atoms with Gasteiger partial charge in [-0.05, 0) is 60.9 Å². The summed E-state index contributed by atoms with van der Waals surface area (Å²) in [5.74, 6) is -0.173. The highest BCUT2D eigenvalue weighted by Crippen LogP contribution is 2.30. The van der Waals surface area contributed by atoms with E-state index in [9.17, 15) is 9.59 Å². The van der Waals surface area contributed by atoms with Gasteiger partial charge in [-0.15, -0.1) is 0 Å². The third-order valence-corrected chi connectivity index (χ3v) is 5.33. The average Bonchev–Trinajstić information content (AvgIpc) is 3.14. The Morgan fingerprint density at radius 1 is 1.00 bits per heavy atom. The lowest BCUT2D eigenvalue weighted by Crippen LogP contribution is -2.29. The number of halogens is 1. The van der Waals surface area contributed by atoms with Crippen molar-refractivity contribution in [1.29, 1.82) is 0 Å². The molecule has 3 aromatic rings. The molecule has 0 atom stereocenters. The van der Waals surface area contributed by atoms with Gasteiger partial charge in [-0.2, -0.15) is 0 Å². The number of rotatable bonds is 4. The van der Waals surface area contributed by atoms with E-state index in [1.54, 1.807) is 24.3 Å². The normalized spacial score (nSPS) is 12.6. The van der Waals surface area contributed by atoms with Gasteiger partial charge in [0.05, 0.1) is 0 Å². The number of hydrogen-bond acceptors (Lipinski definition) is 2. The van der Waals surface area contributed by atoms with Crippen LogP contribution < -0.4 is 10.2 Å². The molecule has 0 bridgehead atoms. The largest absolute Gasteiger partial charge is 0.348 e. The Hall–Kier alpha value is -3.11. The number of benzene rings is 3. The number of carbonyl (C=O) groups is 2. The second kappa shape index (κ2) is 8.10. The van der Waals surface area contributed by atoms with Crippen molar-refractivity contribution in [2.75, 3.05) is 11.4 Å². The van der Waals surface area contributed by atoms with Crippen molar-refractivity contribution in [2.24, 2.45) is 0 Å². The fourth-order valence-electron chi connectivity index (χ4n) is 3.59. The van der Waals surface area contributed by atoms with E-state index in [1.807, 2.05) is 54.3 Å². The van der Waals surface area contributed by atoms with Crippen molar-refractivity contribution < 1.29 is 9.59 Å². The summed E-state index contributed by atoms with van der Waals surface area (Å²) in [6.07, 6.45) is 0.835. The van der Waals surface area contributed by atoms with E-state index in [4.69, 9.17) is 11.6 Å². The van der Waals surface area contributed by atoms with Gasteiger partial charge in [0.1, 0.15) is 0 Å². The van der Waals surface area contributed by atoms with E-state index in [2.05, 4.69) is 5.32 Å². The van der Waals surface area contributed by atoms with Crippen LogP contribution in [0.5, 0.6) is 0 Å². The molecule has 0 unspecified atom stereocenters. The Labute approximate surface area is 175 Å². The lowest BCUT2D eigenvalue weighted by atomic mass is 10.1. The van der Waals surface area contributed by atoms with E-state index in [0.29, 0.717) is 29.2 Å². The summed E-state index contributed by atoms with van der Waals surface area (Å²) in [6.45, 7) is 3.03. The lowest BCUT2D eigenvalue weighted by molar-refractivity contribution is 0.0949. The zero-order valence-electron chi connectivity index (χ0n) is 16.1. The zero-order chi connectivity index (χ0) is 20.4. The number of aryl methyl sites for hydroxylation is 1. The molecule has 0 radical (unpaired) electrons. The summed E-state index contributed by atoms with van der Waals surface area (Å²) < 4.78 is 0. The second-order valence-corrected chi connectivity index (χ2v) is 7.67. The Morgan fingerprint density at radius 2 is 1.79 bits per heavy atom. The van der Waals surface area contributed by atoms with Crippen LogP contribution in [0.1, 0.15) is 37.4 Å². The molecule has 0 fully saturated rings. The second-order valence-electron chi connectivity index (χ2n) is 7.23. The van der Waals surface area contributed by atoms with E-state index >= 15 is 0 Å². The number of amides is 2. The monoisotopic (exact) mass is 404 g/mol. The van der Waals surface area contributed by atoms with Gasteiger partial charge in [0.15, 0.2) is 0 Å². The maximum Gasteiger partial charge on any atom is 0.258 e. The van der Waals surface area contributed by atoms with Crippen molar-refractivity contribution in [3.8, 4) is 0 Å². The number of anilines is 1. The van der Waals surface area contributed by atoms with Crippen LogP contribution >= 0.6 is 11.6 Å². The lowest BCUT2D eigenvalue weighted by Gasteiger charge is -2.18. The molecule has 3 aromatic carbocycles. The molecule has 1 heterocycles. The standard InChI is InChI=1S/C24H21ClN2O2/c1-16-4-2-6-20(12-16)24(29)27-11-10-18-9-8-17(13-22(18)27)15-26-23(28)19-5-3-7-21(25)14-19/h2-9,12-14H,10-11,15H2,1H3,(H,26,28). The van der Waals surface area contributed by atoms with Crippen LogP contribution in [0.4, 0.5) is 5.69 Å². The van der Waals surface area contributed by atoms with Crippen LogP contribution in [0.25, 0.3) is 0 Å². The molecule has 0 saturated heterocycles. The number of nitrogens with zero attached hydrogens (tertiary/aromatic N) is 1. The Balaban J connectivity index is 1.50. The maximum absolute atomic E-state index is 13.0. The summed E-state index contributed by atoms with van der Waals surface area (Å²) in [5.41, 5.74) is 5.30. The number of fused-ring (bicyclic) bond motifs is 1. The van der Waals surface area contributed by atoms with Gasteiger partial charge >= 0.3 is 0 Å². The predicted molar refractivity (Wildman–Crippen MR) is 116 cm³/mol. The zero-order valence-corrected chi connectivity index (χ0v) is 16.9. The molecular weight excluding hydrogens is 384 g/mol. The molecular formula is C24H21ClN2O2. The van der Waals surface area contributed by atoms with Crippen molar-refractivity contribution in [3.63, 3.8) is 0 Å². The molecule has 1 aliphatic rings. The first-order valence-corrected chi connectivity index (χ1v) is 9.93. The molecule has 0 saturated carbocycles. The summed E-state index contributed by atoms with van der Waals surface area (Å²) in [6, 6.07) is 20.5. The highest BCUT2D eigenvalue weighted by atomic mass is 35.5. The van der Waals surface area contributed by atoms with E-state index < -0.39 is 0 Å². The minimum Gasteiger partial charge on any atom is -0.348 e. The van der Waals surface area contributed by atoms with Gasteiger partial charge in [-0.3, -0.25) is 9.59 Å². The third kappa shape index (κ3) is 4.17. The summed E-state index contributed by atoms with van der Waals surface area (Å²) in [5, 5.41) is 3.44. The highest BCUT2D eigenvalue weighted by molar-refractivity contribution is 6.30. The number of carbonyl (C=O) groups excluding carboxylic acids is 2. The quantitative estimate of drug-likeness (QED) is 0.680. The van der Waals surface area contributed by atoms with Gasteiger partial charge in [-0.25, -0.2) is 0 Å². The molecule has 4 rings (SSSR count). The first kappa shape index (κ1) is 19.2. The molecule has 0 aliphatic carbocycles. The Morgan fingerprint density at radius 3 is 2.59 bits per heavy atom. The van der Waals surface area contributed by atoms with Gasteiger partial charge in [0.25, 0.3) is 11.8 Å². The van der Waals surface area contributed by atoms with Crippen molar-refractivity contribution in [2.45, 2.75) is 19.9 Å². The van der Waals surface area contributed by atoms with Crippen LogP contribution in [0.15, 0.2) is 66.7 Å². The average molecular weight is 405 g/mol. The molecule has 1 N–H and O–H groups in total. The van der Waals surface area contributed by atoms with Crippen molar-refractivity contribution >= 4 is 29.1 Å². The molecule has 2 amide bonds. The first-order chi connectivity index (χ1) is 14.0. The predicted octanol–water partition coefficient (Wildman–Crippen LogP) is 4.78. The molecule has 4 nitrogen and oxygen atoms in total. The van der Waals surface area contributed by atoms with Crippen molar-refractivity contribution in [1.82, 2.24) is 5.32 Å². The minimum atomic E-state index is -0.180. The van der Waals surface area contributed by atoms with Crippen molar-refractivity contribution in [3.05, 3.63) is 99.6 Å². The van der Waals surface area contributed by atoms with E-state index in [0.717, 1.165) is 28.8 Å². The Kier molecular flexibility index (Phi) is 5.36. The van der Waals surface area contributed by atoms with Crippen LogP contribution in [-0.2, 0) is 13.0 Å². The van der Waals surface area contributed by atoms with Gasteiger partial charge < -0.3 is 10.2 Å². The fourth-order valence-corrected chi connectivity index (χ4v) is 3.78. The molecule has 0 spiro atoms. The van der Waals surface area contributed by atoms with Crippen LogP contribution in [0.2, 0.25) is 5.02 Å². The van der Waals surface area contributed by atoms with Crippen LogP contribution in [0, 0.1) is 6.92 Å². The summed E-state index contributed by atoms with van der Waals surface area (Å²) >= 11 is 5.96. The van der Waals surface area contributed by atoms with Gasteiger partial charge in [-0.1, -0.05) is 47.5 Å². The van der Waals surface area contributed by atoms with Crippen LogP contribution in [0.3, 0.4) is 0 Å². The molecule has 146 valence electrons. The van der Waals surface area contributed by atoms with Gasteiger partial charge in [0.2, 0.25) is 0 Å². The Bertz CT molecular complexity index is 1090. The number of nitrogens with one attached hydrogen (secondary N) is 1. The van der Waals surface area contributed by atoms with Gasteiger partial charge in [0, 0.05) is 34.9 Å². The molecule has 0 aromatic heterocycles. The minimum absolute atomic E-state index is 0.00700. The number of hydrogen-bond donors (Lipinski definition) is 1. The third-order valence-electron chi connectivity index (χ3n) is 5.10. The first-order valence-electron chi connectivity index (χ1n) is 9.55. The topological polar surface area (TPSA) is 49.4 Å². The fraction of sp³-hybridized carbons (Fsp3) is 0.167. The highest BCUT2D eigenvalue weighted by Gasteiger charge is 2.26. The molecule has 29 heavy (non-hydrogen) atoms.